The van der Waals surface area contributed by atoms with Crippen LogP contribution in [-0.2, 0) is 0 Å². The number of likely N-dealkylation sites (N-methyl/N-ethyl adjacent to an activating group) is 1. The van der Waals surface area contributed by atoms with Crippen LogP contribution >= 0.6 is 11.8 Å². The van der Waals surface area contributed by atoms with E-state index in [9.17, 15) is 0 Å². The molecule has 1 N–H and O–H groups in total. The van der Waals surface area contributed by atoms with Gasteiger partial charge in [-0.15, -0.1) is 11.8 Å². The number of nitrogens with zero attached hydrogens (tertiary/aromatic N) is 1. The fourth-order valence-electron chi connectivity index (χ4n) is 1.37. The molecule has 0 spiro atoms. The molecule has 0 saturated carbocycles. The normalized spacial score (nSPS) is 11.0. The summed E-state index contributed by atoms with van der Waals surface area (Å²) >= 11 is 1.92. The highest BCUT2D eigenvalue weighted by Gasteiger charge is 1.94. The first-order chi connectivity index (χ1) is 7.68. The Hall–Kier alpha value is -0.510. The minimum Gasteiger partial charge on any atom is -0.315 e. The number of aryl methyl sites for hydroxylation is 1. The van der Waals surface area contributed by atoms with Gasteiger partial charge in [0.1, 0.15) is 0 Å². The van der Waals surface area contributed by atoms with E-state index in [2.05, 4.69) is 55.5 Å². The van der Waals surface area contributed by atoms with Crippen molar-refractivity contribution >= 4 is 11.8 Å². The molecule has 0 heterocycles. The summed E-state index contributed by atoms with van der Waals surface area (Å²) in [6.45, 7) is 5.39. The maximum Gasteiger partial charge on any atom is 0.0106 e. The summed E-state index contributed by atoms with van der Waals surface area (Å²) in [7, 11) is 4.20. The largest absolute Gasteiger partial charge is 0.315 e. The van der Waals surface area contributed by atoms with Gasteiger partial charge < -0.3 is 10.2 Å². The van der Waals surface area contributed by atoms with E-state index >= 15 is 0 Å². The van der Waals surface area contributed by atoms with Crippen LogP contribution in [-0.4, -0.2) is 44.4 Å². The molecule has 0 amide bonds. The highest BCUT2D eigenvalue weighted by atomic mass is 32.2. The van der Waals surface area contributed by atoms with Crippen molar-refractivity contribution in [3.8, 4) is 0 Å². The fourth-order valence-corrected chi connectivity index (χ4v) is 2.30. The van der Waals surface area contributed by atoms with E-state index in [4.69, 9.17) is 0 Å². The van der Waals surface area contributed by atoms with Crippen LogP contribution in [0.2, 0.25) is 0 Å². The second kappa shape index (κ2) is 7.71. The van der Waals surface area contributed by atoms with E-state index in [-0.39, 0.29) is 0 Å². The molecule has 0 aromatic heterocycles. The number of rotatable bonds is 7. The van der Waals surface area contributed by atoms with Crippen LogP contribution in [0.5, 0.6) is 0 Å². The first-order valence-electron chi connectivity index (χ1n) is 5.73. The standard InChI is InChI=1S/C13H22N2S/c1-12-5-4-6-13(11-12)16-10-8-14-7-9-15(2)3/h4-6,11,14H,7-10H2,1-3H3. The van der Waals surface area contributed by atoms with Gasteiger partial charge >= 0.3 is 0 Å². The molecule has 0 aliphatic heterocycles. The monoisotopic (exact) mass is 238 g/mol. The van der Waals surface area contributed by atoms with Gasteiger partial charge in [-0.2, -0.15) is 0 Å². The summed E-state index contributed by atoms with van der Waals surface area (Å²) in [5.41, 5.74) is 1.34. The lowest BCUT2D eigenvalue weighted by Crippen LogP contribution is -2.27. The van der Waals surface area contributed by atoms with Crippen LogP contribution < -0.4 is 5.32 Å². The van der Waals surface area contributed by atoms with E-state index in [1.165, 1.54) is 10.5 Å². The summed E-state index contributed by atoms with van der Waals surface area (Å²) in [6, 6.07) is 8.68. The number of benzene rings is 1. The summed E-state index contributed by atoms with van der Waals surface area (Å²) < 4.78 is 0. The summed E-state index contributed by atoms with van der Waals surface area (Å²) in [6.07, 6.45) is 0. The van der Waals surface area contributed by atoms with E-state index in [1.54, 1.807) is 0 Å². The number of hydrogen-bond acceptors (Lipinski definition) is 3. The van der Waals surface area contributed by atoms with Crippen molar-refractivity contribution in [2.45, 2.75) is 11.8 Å². The quantitative estimate of drug-likeness (QED) is 0.579. The molecular weight excluding hydrogens is 216 g/mol. The van der Waals surface area contributed by atoms with Gasteiger partial charge in [0.05, 0.1) is 0 Å². The van der Waals surface area contributed by atoms with Crippen LogP contribution in [0.1, 0.15) is 5.56 Å². The third kappa shape index (κ3) is 6.16. The van der Waals surface area contributed by atoms with Gasteiger partial charge in [-0.1, -0.05) is 17.7 Å². The van der Waals surface area contributed by atoms with Crippen molar-refractivity contribution < 1.29 is 0 Å². The van der Waals surface area contributed by atoms with E-state index in [0.29, 0.717) is 0 Å². The Bertz CT molecular complexity index is 300. The highest BCUT2D eigenvalue weighted by molar-refractivity contribution is 7.99. The van der Waals surface area contributed by atoms with Crippen molar-refractivity contribution in [3.05, 3.63) is 29.8 Å². The lowest BCUT2D eigenvalue weighted by molar-refractivity contribution is 0.403. The smallest absolute Gasteiger partial charge is 0.0106 e. The molecule has 0 saturated heterocycles. The predicted molar refractivity (Wildman–Crippen MR) is 73.3 cm³/mol. The van der Waals surface area contributed by atoms with Gasteiger partial charge in [0, 0.05) is 30.3 Å². The maximum absolute atomic E-state index is 3.44. The zero-order valence-corrected chi connectivity index (χ0v) is 11.3. The van der Waals surface area contributed by atoms with Crippen LogP contribution in [0.15, 0.2) is 29.2 Å². The molecule has 0 aliphatic rings. The summed E-state index contributed by atoms with van der Waals surface area (Å²) in [5, 5.41) is 3.44. The van der Waals surface area contributed by atoms with E-state index < -0.39 is 0 Å². The molecule has 3 heteroatoms. The molecule has 0 fully saturated rings. The molecule has 0 aliphatic carbocycles. The molecular formula is C13H22N2S. The third-order valence-corrected chi connectivity index (χ3v) is 3.27. The van der Waals surface area contributed by atoms with Crippen molar-refractivity contribution in [1.29, 1.82) is 0 Å². The average Bonchev–Trinajstić information content (AvgIpc) is 2.23. The lowest BCUT2D eigenvalue weighted by Gasteiger charge is -2.10. The molecule has 2 nitrogen and oxygen atoms in total. The molecule has 0 radical (unpaired) electrons. The second-order valence-electron chi connectivity index (χ2n) is 4.22. The Kier molecular flexibility index (Phi) is 6.53. The topological polar surface area (TPSA) is 15.3 Å². The molecule has 0 unspecified atom stereocenters. The Morgan fingerprint density at radius 1 is 1.25 bits per heavy atom. The first-order valence-corrected chi connectivity index (χ1v) is 6.72. The molecule has 1 aromatic rings. The summed E-state index contributed by atoms with van der Waals surface area (Å²) in [4.78, 5) is 3.56. The van der Waals surface area contributed by atoms with Crippen LogP contribution in [0.3, 0.4) is 0 Å². The Balaban J connectivity index is 2.07. The average molecular weight is 238 g/mol. The molecule has 16 heavy (non-hydrogen) atoms. The number of thioether (sulfide) groups is 1. The first kappa shape index (κ1) is 13.6. The lowest BCUT2D eigenvalue weighted by atomic mass is 10.2. The molecule has 0 atom stereocenters. The van der Waals surface area contributed by atoms with Crippen molar-refractivity contribution in [2.75, 3.05) is 39.5 Å². The van der Waals surface area contributed by atoms with Gasteiger partial charge in [0.25, 0.3) is 0 Å². The third-order valence-electron chi connectivity index (χ3n) is 2.27. The Labute approximate surface area is 103 Å². The molecule has 1 rings (SSSR count). The molecule has 0 bridgehead atoms. The summed E-state index contributed by atoms with van der Waals surface area (Å²) in [5.74, 6) is 1.14. The van der Waals surface area contributed by atoms with Gasteiger partial charge in [0.2, 0.25) is 0 Å². The van der Waals surface area contributed by atoms with Crippen molar-refractivity contribution in [2.24, 2.45) is 0 Å². The van der Waals surface area contributed by atoms with Gasteiger partial charge in [0.15, 0.2) is 0 Å². The Morgan fingerprint density at radius 3 is 2.75 bits per heavy atom. The minimum absolute atomic E-state index is 1.07. The zero-order chi connectivity index (χ0) is 11.8. The highest BCUT2D eigenvalue weighted by Crippen LogP contribution is 2.17. The maximum atomic E-state index is 3.44. The van der Waals surface area contributed by atoms with E-state index in [0.717, 1.165) is 25.4 Å². The SMILES string of the molecule is Cc1cccc(SCCNCCN(C)C)c1. The van der Waals surface area contributed by atoms with Gasteiger partial charge in [-0.05, 0) is 33.2 Å². The fraction of sp³-hybridized carbons (Fsp3) is 0.538. The second-order valence-corrected chi connectivity index (χ2v) is 5.39. The minimum atomic E-state index is 1.07. The van der Waals surface area contributed by atoms with Crippen LogP contribution in [0.4, 0.5) is 0 Å². The van der Waals surface area contributed by atoms with E-state index in [1.807, 2.05) is 11.8 Å². The Morgan fingerprint density at radius 2 is 2.06 bits per heavy atom. The van der Waals surface area contributed by atoms with Crippen LogP contribution in [0, 0.1) is 6.92 Å². The predicted octanol–water partition coefficient (Wildman–Crippen LogP) is 2.24. The van der Waals surface area contributed by atoms with Crippen molar-refractivity contribution in [1.82, 2.24) is 10.2 Å². The van der Waals surface area contributed by atoms with Gasteiger partial charge in [-0.3, -0.25) is 0 Å². The van der Waals surface area contributed by atoms with Crippen LogP contribution in [0.25, 0.3) is 0 Å². The van der Waals surface area contributed by atoms with Crippen molar-refractivity contribution in [3.63, 3.8) is 0 Å². The number of nitrogens with one attached hydrogen (secondary N) is 1. The molecule has 90 valence electrons. The zero-order valence-electron chi connectivity index (χ0n) is 10.5. The molecule has 1 aromatic carbocycles. The van der Waals surface area contributed by atoms with Gasteiger partial charge in [-0.25, -0.2) is 0 Å². The number of hydrogen-bond donors (Lipinski definition) is 1.